The van der Waals surface area contributed by atoms with E-state index in [9.17, 15) is 0 Å². The molecule has 1 saturated carbocycles. The minimum Gasteiger partial charge on any atom is -0.493 e. The summed E-state index contributed by atoms with van der Waals surface area (Å²) in [4.78, 5) is 4.93. The maximum Gasteiger partial charge on any atom is 0.121 e. The van der Waals surface area contributed by atoms with Crippen LogP contribution in [0.15, 0.2) is 18.2 Å². The second-order valence-corrected chi connectivity index (χ2v) is 7.73. The van der Waals surface area contributed by atoms with Gasteiger partial charge < -0.3 is 14.4 Å². The van der Waals surface area contributed by atoms with Crippen molar-refractivity contribution in [3.05, 3.63) is 23.8 Å². The van der Waals surface area contributed by atoms with Crippen molar-refractivity contribution in [2.24, 2.45) is 0 Å². The zero-order valence-electron chi connectivity index (χ0n) is 16.2. The van der Waals surface area contributed by atoms with Crippen molar-refractivity contribution < 1.29 is 9.47 Å². The van der Waals surface area contributed by atoms with E-state index >= 15 is 0 Å². The Bertz CT molecular complexity index is 537. The van der Waals surface area contributed by atoms with Crippen molar-refractivity contribution in [3.8, 4) is 5.75 Å². The van der Waals surface area contributed by atoms with E-state index in [0.29, 0.717) is 12.0 Å². The SMILES string of the molecule is CC(C)c1ccc(OCCCN2CCOCC2)cc1N(C)C1CCC1. The van der Waals surface area contributed by atoms with Crippen LogP contribution in [0.1, 0.15) is 51.0 Å². The normalized spacial score (nSPS) is 19.0. The Kier molecular flexibility index (Phi) is 6.60. The van der Waals surface area contributed by atoms with Gasteiger partial charge >= 0.3 is 0 Å². The molecule has 0 bridgehead atoms. The van der Waals surface area contributed by atoms with Gasteiger partial charge in [-0.15, -0.1) is 0 Å². The van der Waals surface area contributed by atoms with Crippen molar-refractivity contribution in [2.45, 2.75) is 51.5 Å². The van der Waals surface area contributed by atoms with Gasteiger partial charge in [-0.3, -0.25) is 4.90 Å². The fourth-order valence-corrected chi connectivity index (χ4v) is 3.68. The zero-order valence-corrected chi connectivity index (χ0v) is 16.2. The van der Waals surface area contributed by atoms with Gasteiger partial charge in [0, 0.05) is 44.5 Å². The second kappa shape index (κ2) is 8.91. The third-order valence-electron chi connectivity index (χ3n) is 5.62. The summed E-state index contributed by atoms with van der Waals surface area (Å²) in [5.74, 6) is 1.54. The van der Waals surface area contributed by atoms with Gasteiger partial charge in [0.15, 0.2) is 0 Å². The minimum atomic E-state index is 0.535. The number of nitrogens with zero attached hydrogens (tertiary/aromatic N) is 2. The van der Waals surface area contributed by atoms with Crippen LogP contribution in [0.25, 0.3) is 0 Å². The standard InChI is InChI=1S/C21H34N2O2/c1-17(2)20-9-8-19(16-21(20)22(3)18-6-4-7-18)25-13-5-10-23-11-14-24-15-12-23/h8-9,16-18H,4-7,10-15H2,1-3H3. The number of benzene rings is 1. The second-order valence-electron chi connectivity index (χ2n) is 7.73. The molecule has 1 aromatic rings. The predicted octanol–water partition coefficient (Wildman–Crippen LogP) is 3.90. The highest BCUT2D eigenvalue weighted by atomic mass is 16.5. The van der Waals surface area contributed by atoms with E-state index < -0.39 is 0 Å². The Labute approximate surface area is 153 Å². The van der Waals surface area contributed by atoms with E-state index in [-0.39, 0.29) is 0 Å². The fourth-order valence-electron chi connectivity index (χ4n) is 3.68. The molecular formula is C21H34N2O2. The monoisotopic (exact) mass is 346 g/mol. The zero-order chi connectivity index (χ0) is 17.6. The van der Waals surface area contributed by atoms with Crippen molar-refractivity contribution in [3.63, 3.8) is 0 Å². The summed E-state index contributed by atoms with van der Waals surface area (Å²) >= 11 is 0. The van der Waals surface area contributed by atoms with Crippen LogP contribution in [0.2, 0.25) is 0 Å². The van der Waals surface area contributed by atoms with Crippen LogP contribution in [0.3, 0.4) is 0 Å². The molecule has 2 fully saturated rings. The molecule has 1 saturated heterocycles. The Hall–Kier alpha value is -1.26. The molecule has 2 aliphatic rings. The third-order valence-corrected chi connectivity index (χ3v) is 5.62. The van der Waals surface area contributed by atoms with E-state index in [0.717, 1.165) is 51.6 Å². The molecule has 1 aromatic carbocycles. The summed E-state index contributed by atoms with van der Waals surface area (Å²) in [5.41, 5.74) is 2.78. The van der Waals surface area contributed by atoms with Gasteiger partial charge in [0.05, 0.1) is 19.8 Å². The van der Waals surface area contributed by atoms with Gasteiger partial charge in [-0.1, -0.05) is 19.9 Å². The first-order valence-electron chi connectivity index (χ1n) is 9.95. The number of rotatable bonds is 8. The molecule has 0 spiro atoms. The number of hydrogen-bond acceptors (Lipinski definition) is 4. The fraction of sp³-hybridized carbons (Fsp3) is 0.714. The topological polar surface area (TPSA) is 24.9 Å². The molecule has 140 valence electrons. The molecule has 3 rings (SSSR count). The lowest BCUT2D eigenvalue weighted by Gasteiger charge is -2.38. The summed E-state index contributed by atoms with van der Waals surface area (Å²) in [6.45, 7) is 10.3. The lowest BCUT2D eigenvalue weighted by Crippen LogP contribution is -2.37. The van der Waals surface area contributed by atoms with Crippen molar-refractivity contribution in [1.82, 2.24) is 4.90 Å². The van der Waals surface area contributed by atoms with Crippen molar-refractivity contribution in [1.29, 1.82) is 0 Å². The van der Waals surface area contributed by atoms with Gasteiger partial charge in [0.1, 0.15) is 5.75 Å². The van der Waals surface area contributed by atoms with Gasteiger partial charge in [-0.25, -0.2) is 0 Å². The lowest BCUT2D eigenvalue weighted by atomic mass is 9.90. The summed E-state index contributed by atoms with van der Waals surface area (Å²) in [5, 5.41) is 0. The molecule has 1 aliphatic carbocycles. The maximum atomic E-state index is 6.07. The molecule has 0 aromatic heterocycles. The van der Waals surface area contributed by atoms with Crippen LogP contribution in [-0.2, 0) is 4.74 Å². The van der Waals surface area contributed by atoms with Crippen molar-refractivity contribution in [2.75, 3.05) is 51.4 Å². The van der Waals surface area contributed by atoms with E-state index in [1.54, 1.807) is 0 Å². The highest BCUT2D eigenvalue weighted by Crippen LogP contribution is 2.35. The van der Waals surface area contributed by atoms with E-state index in [1.807, 2.05) is 0 Å². The molecule has 25 heavy (non-hydrogen) atoms. The van der Waals surface area contributed by atoms with E-state index in [4.69, 9.17) is 9.47 Å². The Morgan fingerprint density at radius 3 is 2.64 bits per heavy atom. The molecule has 0 atom stereocenters. The molecule has 0 radical (unpaired) electrons. The van der Waals surface area contributed by atoms with Gasteiger partial charge in [-0.2, -0.15) is 0 Å². The van der Waals surface area contributed by atoms with Crippen LogP contribution in [0, 0.1) is 0 Å². The van der Waals surface area contributed by atoms with Crippen LogP contribution >= 0.6 is 0 Å². The largest absolute Gasteiger partial charge is 0.493 e. The third kappa shape index (κ3) is 4.89. The molecule has 1 aliphatic heterocycles. The summed E-state index contributed by atoms with van der Waals surface area (Å²) in [7, 11) is 2.24. The van der Waals surface area contributed by atoms with E-state index in [2.05, 4.69) is 48.9 Å². The summed E-state index contributed by atoms with van der Waals surface area (Å²) in [6.07, 6.45) is 5.07. The molecule has 1 heterocycles. The maximum absolute atomic E-state index is 6.07. The van der Waals surface area contributed by atoms with Crippen LogP contribution < -0.4 is 9.64 Å². The summed E-state index contributed by atoms with van der Waals surface area (Å²) < 4.78 is 11.5. The molecular weight excluding hydrogens is 312 g/mol. The average Bonchev–Trinajstić information content (AvgIpc) is 2.58. The molecule has 4 heteroatoms. The minimum absolute atomic E-state index is 0.535. The number of ether oxygens (including phenoxy) is 2. The quantitative estimate of drug-likeness (QED) is 0.667. The Morgan fingerprint density at radius 2 is 2.00 bits per heavy atom. The first kappa shape index (κ1) is 18.5. The van der Waals surface area contributed by atoms with Crippen LogP contribution in [0.4, 0.5) is 5.69 Å². The first-order valence-corrected chi connectivity index (χ1v) is 9.95. The highest BCUT2D eigenvalue weighted by molar-refractivity contribution is 5.59. The van der Waals surface area contributed by atoms with Gasteiger partial charge in [0.2, 0.25) is 0 Å². The molecule has 0 unspecified atom stereocenters. The Balaban J connectivity index is 1.55. The Morgan fingerprint density at radius 1 is 1.24 bits per heavy atom. The highest BCUT2D eigenvalue weighted by Gasteiger charge is 2.24. The van der Waals surface area contributed by atoms with Crippen LogP contribution in [0.5, 0.6) is 5.75 Å². The van der Waals surface area contributed by atoms with Crippen molar-refractivity contribution >= 4 is 5.69 Å². The average molecular weight is 347 g/mol. The van der Waals surface area contributed by atoms with Crippen LogP contribution in [-0.4, -0.2) is 57.4 Å². The van der Waals surface area contributed by atoms with Gasteiger partial charge in [-0.05, 0) is 43.2 Å². The first-order chi connectivity index (χ1) is 12.1. The smallest absolute Gasteiger partial charge is 0.121 e. The molecule has 0 N–H and O–H groups in total. The lowest BCUT2D eigenvalue weighted by molar-refractivity contribution is 0.0358. The van der Waals surface area contributed by atoms with E-state index in [1.165, 1.54) is 30.5 Å². The molecule has 4 nitrogen and oxygen atoms in total. The number of hydrogen-bond donors (Lipinski definition) is 0. The summed E-state index contributed by atoms with van der Waals surface area (Å²) in [6, 6.07) is 7.35. The predicted molar refractivity (Wildman–Crippen MR) is 104 cm³/mol. The molecule has 0 amide bonds. The number of morpholine rings is 1. The van der Waals surface area contributed by atoms with Gasteiger partial charge in [0.25, 0.3) is 0 Å². The number of anilines is 1.